The van der Waals surface area contributed by atoms with Crippen molar-refractivity contribution in [1.29, 1.82) is 0 Å². The Labute approximate surface area is 210 Å². The second-order valence-electron chi connectivity index (χ2n) is 7.07. The maximum absolute atomic E-state index is 2.33. The summed E-state index contributed by atoms with van der Waals surface area (Å²) in [5.74, 6) is 0. The standard InChI is InChI=1S/C18H14N.C8H11.2ClH.Zr/c1-13-10-16-8-4-5-9-18(16)19(13)17-11-14-6-2-3-7-15(14)12-17;1-2-5-8-6-3-4-7-8;;;/h2-12H,1H3;3-4,6-7H,2,5H2,1H3;2*1H;/q2*-1;;;+4/p-2. The van der Waals surface area contributed by atoms with Gasteiger partial charge in [0.05, 0.1) is 5.52 Å². The van der Waals surface area contributed by atoms with Crippen LogP contribution in [0.4, 0.5) is 0 Å². The summed E-state index contributed by atoms with van der Waals surface area (Å²) in [6, 6.07) is 32.3. The molecule has 4 aromatic carbocycles. The minimum Gasteiger partial charge on any atom is -1.00 e. The fraction of sp³-hybridized carbons (Fsp3) is 0.154. The second-order valence-corrected chi connectivity index (χ2v) is 7.07. The fourth-order valence-electron chi connectivity index (χ4n) is 3.77. The minimum absolute atomic E-state index is 0. The van der Waals surface area contributed by atoms with E-state index in [1.165, 1.54) is 51.5 Å². The smallest absolute Gasteiger partial charge is 1.00 e. The molecule has 30 heavy (non-hydrogen) atoms. The summed E-state index contributed by atoms with van der Waals surface area (Å²) in [6.07, 6.45) is 2.48. The summed E-state index contributed by atoms with van der Waals surface area (Å²) in [4.78, 5) is 0. The average molecular weight is 514 g/mol. The molecule has 0 fully saturated rings. The SMILES string of the molecule is CCC[c-]1cccc1.Cc1cc2ccccc2n1-c1cc2ccccc2[cH-]1.[Cl-].[Cl-].[Zr+4]. The first-order chi connectivity index (χ1) is 13.3. The van der Waals surface area contributed by atoms with Crippen molar-refractivity contribution in [2.24, 2.45) is 0 Å². The van der Waals surface area contributed by atoms with Crippen molar-refractivity contribution in [2.45, 2.75) is 26.7 Å². The maximum atomic E-state index is 2.33. The monoisotopic (exact) mass is 511 g/mol. The van der Waals surface area contributed by atoms with Gasteiger partial charge in [-0.3, -0.25) is 0 Å². The molecule has 1 nitrogen and oxygen atoms in total. The van der Waals surface area contributed by atoms with E-state index in [-0.39, 0.29) is 51.0 Å². The summed E-state index contributed by atoms with van der Waals surface area (Å²) in [5, 5.41) is 3.90. The quantitative estimate of drug-likeness (QED) is 0.320. The number of rotatable bonds is 3. The zero-order chi connectivity index (χ0) is 18.6. The van der Waals surface area contributed by atoms with Gasteiger partial charge in [-0.2, -0.15) is 17.7 Å². The van der Waals surface area contributed by atoms with Crippen molar-refractivity contribution < 1.29 is 51.0 Å². The molecule has 0 bridgehead atoms. The first-order valence-electron chi connectivity index (χ1n) is 9.70. The van der Waals surface area contributed by atoms with Crippen molar-refractivity contribution in [3.63, 3.8) is 0 Å². The molecule has 0 N–H and O–H groups in total. The number of benzene rings is 2. The molecule has 5 aromatic rings. The van der Waals surface area contributed by atoms with E-state index in [1.54, 1.807) is 0 Å². The summed E-state index contributed by atoms with van der Waals surface area (Å²) in [7, 11) is 0. The van der Waals surface area contributed by atoms with Crippen LogP contribution in [0.5, 0.6) is 0 Å². The molecule has 0 saturated carbocycles. The van der Waals surface area contributed by atoms with E-state index < -0.39 is 0 Å². The molecular formula is C26H25Cl2NZr. The van der Waals surface area contributed by atoms with Crippen molar-refractivity contribution in [3.05, 3.63) is 102 Å². The number of aromatic nitrogens is 1. The fourth-order valence-corrected chi connectivity index (χ4v) is 3.77. The van der Waals surface area contributed by atoms with Gasteiger partial charge in [-0.1, -0.05) is 44.0 Å². The molecule has 152 valence electrons. The predicted molar refractivity (Wildman–Crippen MR) is 117 cm³/mol. The Morgan fingerprint density at radius 1 is 0.833 bits per heavy atom. The molecule has 0 saturated heterocycles. The molecule has 0 aliphatic rings. The van der Waals surface area contributed by atoms with Gasteiger partial charge < -0.3 is 29.4 Å². The molecule has 0 atom stereocenters. The van der Waals surface area contributed by atoms with Gasteiger partial charge in [0.15, 0.2) is 0 Å². The van der Waals surface area contributed by atoms with Gasteiger partial charge in [0.25, 0.3) is 0 Å². The van der Waals surface area contributed by atoms with Gasteiger partial charge in [0.2, 0.25) is 0 Å². The zero-order valence-electron chi connectivity index (χ0n) is 17.3. The zero-order valence-corrected chi connectivity index (χ0v) is 21.2. The summed E-state index contributed by atoms with van der Waals surface area (Å²) in [6.45, 7) is 4.37. The van der Waals surface area contributed by atoms with Crippen molar-refractivity contribution >= 4 is 21.7 Å². The molecule has 0 unspecified atom stereocenters. The Morgan fingerprint density at radius 2 is 1.47 bits per heavy atom. The van der Waals surface area contributed by atoms with Crippen molar-refractivity contribution in [2.75, 3.05) is 0 Å². The van der Waals surface area contributed by atoms with E-state index in [9.17, 15) is 0 Å². The van der Waals surface area contributed by atoms with Crippen LogP contribution in [0.1, 0.15) is 24.6 Å². The normalized spacial score (nSPS) is 9.80. The van der Waals surface area contributed by atoms with Crippen molar-refractivity contribution in [1.82, 2.24) is 4.57 Å². The molecule has 0 spiro atoms. The summed E-state index contributed by atoms with van der Waals surface area (Å²) >= 11 is 0. The number of fused-ring (bicyclic) bond motifs is 2. The number of hydrogen-bond acceptors (Lipinski definition) is 0. The maximum Gasteiger partial charge on any atom is 4.00 e. The van der Waals surface area contributed by atoms with E-state index in [4.69, 9.17) is 0 Å². The molecular weight excluding hydrogens is 488 g/mol. The number of nitrogens with zero attached hydrogens (tertiary/aromatic N) is 1. The van der Waals surface area contributed by atoms with Crippen LogP contribution in [0.3, 0.4) is 0 Å². The van der Waals surface area contributed by atoms with Gasteiger partial charge in [0.1, 0.15) is 0 Å². The van der Waals surface area contributed by atoms with Gasteiger partial charge >= 0.3 is 26.2 Å². The summed E-state index contributed by atoms with van der Waals surface area (Å²) < 4.78 is 2.33. The Kier molecular flexibility index (Phi) is 10.8. The third-order valence-electron chi connectivity index (χ3n) is 5.03. The Morgan fingerprint density at radius 3 is 2.13 bits per heavy atom. The van der Waals surface area contributed by atoms with Gasteiger partial charge in [0, 0.05) is 11.1 Å². The number of para-hydroxylation sites is 1. The number of hydrogen-bond donors (Lipinski definition) is 0. The van der Waals surface area contributed by atoms with Crippen LogP contribution in [0.2, 0.25) is 0 Å². The van der Waals surface area contributed by atoms with E-state index >= 15 is 0 Å². The third-order valence-corrected chi connectivity index (χ3v) is 5.03. The van der Waals surface area contributed by atoms with Crippen LogP contribution in [0.15, 0.2) is 91.0 Å². The molecule has 1 aromatic heterocycles. The topological polar surface area (TPSA) is 4.93 Å². The van der Waals surface area contributed by atoms with E-state index in [1.807, 2.05) is 0 Å². The minimum atomic E-state index is 0. The molecule has 0 amide bonds. The van der Waals surface area contributed by atoms with Crippen LogP contribution >= 0.6 is 0 Å². The van der Waals surface area contributed by atoms with Crippen LogP contribution in [-0.2, 0) is 32.6 Å². The van der Waals surface area contributed by atoms with E-state index in [0.717, 1.165) is 0 Å². The van der Waals surface area contributed by atoms with Crippen LogP contribution in [0.25, 0.3) is 27.4 Å². The predicted octanol–water partition coefficient (Wildman–Crippen LogP) is 1.17. The Bertz CT molecular complexity index is 1120. The molecule has 0 radical (unpaired) electrons. The van der Waals surface area contributed by atoms with Gasteiger partial charge in [-0.25, -0.2) is 12.1 Å². The van der Waals surface area contributed by atoms with Crippen LogP contribution < -0.4 is 24.8 Å². The van der Waals surface area contributed by atoms with E-state index in [0.29, 0.717) is 0 Å². The average Bonchev–Trinajstić information content (AvgIpc) is 3.39. The Hall–Kier alpha value is -1.60. The third kappa shape index (κ3) is 5.76. The Balaban J connectivity index is 0.000000355. The largest absolute Gasteiger partial charge is 4.00 e. The van der Waals surface area contributed by atoms with Gasteiger partial charge in [-0.15, -0.1) is 41.1 Å². The molecule has 4 heteroatoms. The molecule has 1 heterocycles. The first kappa shape index (κ1) is 26.4. The van der Waals surface area contributed by atoms with Crippen molar-refractivity contribution in [3.8, 4) is 5.69 Å². The number of halogens is 2. The van der Waals surface area contributed by atoms with Gasteiger partial charge in [-0.05, 0) is 24.7 Å². The second kappa shape index (κ2) is 12.3. The number of aryl methyl sites for hydroxylation is 2. The summed E-state index contributed by atoms with van der Waals surface area (Å²) in [5.41, 5.74) is 5.26. The first-order valence-corrected chi connectivity index (χ1v) is 9.70. The van der Waals surface area contributed by atoms with Crippen LogP contribution in [-0.4, -0.2) is 4.57 Å². The molecule has 0 aliphatic carbocycles. The van der Waals surface area contributed by atoms with Crippen LogP contribution in [0, 0.1) is 6.92 Å². The molecule has 5 rings (SSSR count). The molecule has 0 aliphatic heterocycles. The van der Waals surface area contributed by atoms with E-state index in [2.05, 4.69) is 109 Å².